The average molecular weight is 347 g/mol. The van der Waals surface area contributed by atoms with Gasteiger partial charge in [-0.25, -0.2) is 9.78 Å². The minimum atomic E-state index is -1.14. The lowest BCUT2D eigenvalue weighted by molar-refractivity contribution is -0.111. The van der Waals surface area contributed by atoms with Gasteiger partial charge in [-0.2, -0.15) is 0 Å². The Balaban J connectivity index is 2.07. The molecule has 1 aromatic heterocycles. The first-order valence-corrected chi connectivity index (χ1v) is 6.78. The van der Waals surface area contributed by atoms with E-state index in [2.05, 4.69) is 26.2 Å². The molecule has 6 heteroatoms. The van der Waals surface area contributed by atoms with E-state index in [1.807, 2.05) is 24.3 Å². The molecule has 21 heavy (non-hydrogen) atoms. The van der Waals surface area contributed by atoms with Crippen LogP contribution in [0.15, 0.2) is 53.1 Å². The number of rotatable bonds is 4. The first-order valence-electron chi connectivity index (χ1n) is 5.99. The van der Waals surface area contributed by atoms with Gasteiger partial charge in [0, 0.05) is 22.4 Å². The Morgan fingerprint density at radius 2 is 2.00 bits per heavy atom. The summed E-state index contributed by atoms with van der Waals surface area (Å²) in [6, 6.07) is 10.3. The van der Waals surface area contributed by atoms with Crippen LogP contribution in [0.25, 0.3) is 6.08 Å². The standard InChI is InChI=1S/C15H11BrN2O3/c16-12-4-2-1-3-10(12)5-6-14(19)18-11-7-8-17-13(9-11)15(20)21/h1-9H,(H,20,21)(H,17,18,19). The van der Waals surface area contributed by atoms with Gasteiger partial charge < -0.3 is 10.4 Å². The van der Waals surface area contributed by atoms with Crippen LogP contribution in [0.2, 0.25) is 0 Å². The van der Waals surface area contributed by atoms with Gasteiger partial charge in [-0.3, -0.25) is 4.79 Å². The molecule has 1 heterocycles. The Kier molecular flexibility index (Phi) is 4.84. The number of hydrogen-bond acceptors (Lipinski definition) is 3. The summed E-state index contributed by atoms with van der Waals surface area (Å²) in [5.74, 6) is -1.50. The van der Waals surface area contributed by atoms with Crippen molar-refractivity contribution in [1.82, 2.24) is 4.98 Å². The largest absolute Gasteiger partial charge is 0.477 e. The fraction of sp³-hybridized carbons (Fsp3) is 0. The monoisotopic (exact) mass is 346 g/mol. The molecule has 2 N–H and O–H groups in total. The number of carboxylic acids is 1. The van der Waals surface area contributed by atoms with E-state index in [0.29, 0.717) is 5.69 Å². The number of carbonyl (C=O) groups excluding carboxylic acids is 1. The van der Waals surface area contributed by atoms with Crippen molar-refractivity contribution in [3.05, 3.63) is 64.4 Å². The van der Waals surface area contributed by atoms with Crippen LogP contribution < -0.4 is 5.32 Å². The van der Waals surface area contributed by atoms with E-state index in [1.54, 1.807) is 6.08 Å². The first kappa shape index (κ1) is 14.9. The van der Waals surface area contributed by atoms with Crippen molar-refractivity contribution >= 4 is 39.6 Å². The molecule has 2 aromatic rings. The molecule has 2 rings (SSSR count). The molecule has 0 saturated heterocycles. The third-order valence-corrected chi connectivity index (χ3v) is 3.29. The van der Waals surface area contributed by atoms with E-state index in [1.165, 1.54) is 24.4 Å². The van der Waals surface area contributed by atoms with Gasteiger partial charge in [-0.1, -0.05) is 34.1 Å². The summed E-state index contributed by atoms with van der Waals surface area (Å²) < 4.78 is 0.881. The summed E-state index contributed by atoms with van der Waals surface area (Å²) in [6.07, 6.45) is 4.37. The number of nitrogens with one attached hydrogen (secondary N) is 1. The Bertz CT molecular complexity index is 714. The lowest BCUT2D eigenvalue weighted by atomic mass is 10.2. The molecule has 1 amide bonds. The van der Waals surface area contributed by atoms with Crippen LogP contribution >= 0.6 is 15.9 Å². The molecule has 0 spiro atoms. The summed E-state index contributed by atoms with van der Waals surface area (Å²) in [5.41, 5.74) is 1.13. The van der Waals surface area contributed by atoms with Gasteiger partial charge in [0.2, 0.25) is 5.91 Å². The highest BCUT2D eigenvalue weighted by Gasteiger charge is 2.06. The van der Waals surface area contributed by atoms with Crippen molar-refractivity contribution in [2.45, 2.75) is 0 Å². The summed E-state index contributed by atoms with van der Waals surface area (Å²) in [5, 5.41) is 11.4. The van der Waals surface area contributed by atoms with E-state index in [0.717, 1.165) is 10.0 Å². The van der Waals surface area contributed by atoms with Crippen LogP contribution in [0.1, 0.15) is 16.1 Å². The fourth-order valence-corrected chi connectivity index (χ4v) is 2.00. The molecular formula is C15H11BrN2O3. The molecule has 0 aliphatic heterocycles. The zero-order valence-corrected chi connectivity index (χ0v) is 12.4. The normalized spacial score (nSPS) is 10.5. The maximum Gasteiger partial charge on any atom is 0.354 e. The van der Waals surface area contributed by atoms with Crippen LogP contribution in [0, 0.1) is 0 Å². The number of aromatic carboxylic acids is 1. The number of halogens is 1. The van der Waals surface area contributed by atoms with Gasteiger partial charge in [0.1, 0.15) is 5.69 Å². The van der Waals surface area contributed by atoms with Crippen LogP contribution in [0.4, 0.5) is 5.69 Å². The summed E-state index contributed by atoms with van der Waals surface area (Å²) >= 11 is 3.38. The predicted octanol–water partition coefficient (Wildman–Crippen LogP) is 3.19. The van der Waals surface area contributed by atoms with Gasteiger partial charge >= 0.3 is 5.97 Å². The minimum absolute atomic E-state index is 0.123. The Hall–Kier alpha value is -2.47. The number of nitrogens with zero attached hydrogens (tertiary/aromatic N) is 1. The quantitative estimate of drug-likeness (QED) is 0.833. The van der Waals surface area contributed by atoms with Crippen molar-refractivity contribution in [3.8, 4) is 0 Å². The van der Waals surface area contributed by atoms with Crippen molar-refractivity contribution in [2.24, 2.45) is 0 Å². The highest BCUT2D eigenvalue weighted by Crippen LogP contribution is 2.17. The average Bonchev–Trinajstić information content (AvgIpc) is 2.46. The molecule has 5 nitrogen and oxygen atoms in total. The van der Waals surface area contributed by atoms with E-state index in [-0.39, 0.29) is 11.6 Å². The lowest BCUT2D eigenvalue weighted by Gasteiger charge is -2.03. The van der Waals surface area contributed by atoms with E-state index >= 15 is 0 Å². The summed E-state index contributed by atoms with van der Waals surface area (Å²) in [6.45, 7) is 0. The maximum absolute atomic E-state index is 11.8. The molecule has 1 aromatic carbocycles. The second kappa shape index (κ2) is 6.81. The number of carboxylic acid groups (broad SMARTS) is 1. The Morgan fingerprint density at radius 3 is 2.71 bits per heavy atom. The number of amides is 1. The van der Waals surface area contributed by atoms with Crippen LogP contribution in [0.5, 0.6) is 0 Å². The molecule has 0 atom stereocenters. The molecule has 0 unspecified atom stereocenters. The third-order valence-electron chi connectivity index (χ3n) is 2.57. The zero-order chi connectivity index (χ0) is 15.2. The topological polar surface area (TPSA) is 79.3 Å². The zero-order valence-electron chi connectivity index (χ0n) is 10.8. The van der Waals surface area contributed by atoms with Crippen LogP contribution in [0.3, 0.4) is 0 Å². The number of pyridine rings is 1. The number of carbonyl (C=O) groups is 2. The molecule has 0 aliphatic carbocycles. The van der Waals surface area contributed by atoms with Crippen molar-refractivity contribution < 1.29 is 14.7 Å². The summed E-state index contributed by atoms with van der Waals surface area (Å²) in [7, 11) is 0. The van der Waals surface area contributed by atoms with E-state index < -0.39 is 5.97 Å². The second-order valence-corrected chi connectivity index (χ2v) is 4.93. The number of anilines is 1. The molecule has 106 valence electrons. The van der Waals surface area contributed by atoms with Crippen LogP contribution in [-0.2, 0) is 4.79 Å². The van der Waals surface area contributed by atoms with E-state index in [9.17, 15) is 9.59 Å². The minimum Gasteiger partial charge on any atom is -0.477 e. The Labute approximate surface area is 129 Å². The number of hydrogen-bond donors (Lipinski definition) is 2. The molecule has 0 saturated carbocycles. The molecule has 0 radical (unpaired) electrons. The van der Waals surface area contributed by atoms with Gasteiger partial charge in [0.15, 0.2) is 0 Å². The predicted molar refractivity (Wildman–Crippen MR) is 83.0 cm³/mol. The SMILES string of the molecule is O=C(C=Cc1ccccc1Br)Nc1ccnc(C(=O)O)c1. The fourth-order valence-electron chi connectivity index (χ4n) is 1.58. The number of benzene rings is 1. The lowest BCUT2D eigenvalue weighted by Crippen LogP contribution is -2.09. The highest BCUT2D eigenvalue weighted by atomic mass is 79.9. The summed E-state index contributed by atoms with van der Waals surface area (Å²) in [4.78, 5) is 26.3. The van der Waals surface area contributed by atoms with Crippen LogP contribution in [-0.4, -0.2) is 22.0 Å². The third kappa shape index (κ3) is 4.25. The maximum atomic E-state index is 11.8. The van der Waals surface area contributed by atoms with E-state index in [4.69, 9.17) is 5.11 Å². The van der Waals surface area contributed by atoms with Crippen molar-refractivity contribution in [2.75, 3.05) is 5.32 Å². The molecule has 0 bridgehead atoms. The van der Waals surface area contributed by atoms with Gasteiger partial charge in [-0.05, 0) is 29.8 Å². The second-order valence-electron chi connectivity index (χ2n) is 4.08. The van der Waals surface area contributed by atoms with Gasteiger partial charge in [0.25, 0.3) is 0 Å². The molecule has 0 aliphatic rings. The number of aromatic nitrogens is 1. The molecule has 0 fully saturated rings. The smallest absolute Gasteiger partial charge is 0.354 e. The first-order chi connectivity index (χ1) is 10.1. The van der Waals surface area contributed by atoms with Gasteiger partial charge in [-0.15, -0.1) is 0 Å². The highest BCUT2D eigenvalue weighted by molar-refractivity contribution is 9.10. The van der Waals surface area contributed by atoms with Crippen molar-refractivity contribution in [1.29, 1.82) is 0 Å². The van der Waals surface area contributed by atoms with Gasteiger partial charge in [0.05, 0.1) is 0 Å². The molecular weight excluding hydrogens is 336 g/mol. The van der Waals surface area contributed by atoms with Crippen molar-refractivity contribution in [3.63, 3.8) is 0 Å². The Morgan fingerprint density at radius 1 is 1.24 bits per heavy atom.